The Labute approximate surface area is 122 Å². The predicted molar refractivity (Wildman–Crippen MR) is 84.5 cm³/mol. The molecule has 0 unspecified atom stereocenters. The van der Waals surface area contributed by atoms with Gasteiger partial charge in [-0.15, -0.1) is 0 Å². The van der Waals surface area contributed by atoms with Gasteiger partial charge in [0, 0.05) is 52.1 Å². The first-order valence-electron chi connectivity index (χ1n) is 7.43. The molecule has 1 fully saturated rings. The molecule has 0 amide bonds. The number of piperazine rings is 1. The maximum Gasteiger partial charge on any atom is 0.0587 e. The molecule has 4 heteroatoms. The number of ether oxygens (including phenoxy) is 1. The first-order valence-corrected chi connectivity index (χ1v) is 7.43. The number of aryl methyl sites for hydroxylation is 1. The minimum absolute atomic E-state index is 0.762. The Morgan fingerprint density at radius 1 is 1.20 bits per heavy atom. The van der Waals surface area contributed by atoms with Crippen LogP contribution in [0.3, 0.4) is 0 Å². The van der Waals surface area contributed by atoms with Crippen LogP contribution in [0.1, 0.15) is 11.1 Å². The van der Waals surface area contributed by atoms with Gasteiger partial charge in [0.25, 0.3) is 0 Å². The molecule has 0 aromatic heterocycles. The third-order valence-electron chi connectivity index (χ3n) is 3.92. The normalized spacial score (nSPS) is 16.6. The van der Waals surface area contributed by atoms with Crippen molar-refractivity contribution in [3.8, 4) is 0 Å². The molecule has 0 bridgehead atoms. The van der Waals surface area contributed by atoms with E-state index in [1.165, 1.54) is 16.8 Å². The van der Waals surface area contributed by atoms with Crippen LogP contribution in [0.4, 0.5) is 5.69 Å². The topological polar surface area (TPSA) is 27.7 Å². The summed E-state index contributed by atoms with van der Waals surface area (Å²) >= 11 is 0. The van der Waals surface area contributed by atoms with E-state index >= 15 is 0 Å². The first kappa shape index (κ1) is 15.3. The number of rotatable bonds is 6. The molecule has 1 aliphatic heterocycles. The zero-order valence-corrected chi connectivity index (χ0v) is 13.0. The molecule has 1 heterocycles. The fourth-order valence-corrected chi connectivity index (χ4v) is 2.64. The van der Waals surface area contributed by atoms with Gasteiger partial charge in [0.15, 0.2) is 0 Å². The van der Waals surface area contributed by atoms with Crippen LogP contribution in [0.15, 0.2) is 18.2 Å². The first-order chi connectivity index (χ1) is 9.70. The lowest BCUT2D eigenvalue weighted by Crippen LogP contribution is -2.44. The van der Waals surface area contributed by atoms with Crippen molar-refractivity contribution in [3.63, 3.8) is 0 Å². The van der Waals surface area contributed by atoms with Gasteiger partial charge in [0.05, 0.1) is 6.61 Å². The molecule has 4 nitrogen and oxygen atoms in total. The monoisotopic (exact) mass is 277 g/mol. The van der Waals surface area contributed by atoms with E-state index in [1.54, 1.807) is 7.11 Å². The van der Waals surface area contributed by atoms with Crippen LogP contribution in [0, 0.1) is 6.92 Å². The van der Waals surface area contributed by atoms with Gasteiger partial charge in [-0.25, -0.2) is 0 Å². The molecule has 1 aromatic carbocycles. The van der Waals surface area contributed by atoms with Crippen molar-refractivity contribution in [2.24, 2.45) is 0 Å². The highest BCUT2D eigenvalue weighted by Crippen LogP contribution is 2.22. The second-order valence-electron chi connectivity index (χ2n) is 5.58. The summed E-state index contributed by atoms with van der Waals surface area (Å²) in [7, 11) is 3.93. The van der Waals surface area contributed by atoms with Crippen molar-refractivity contribution in [2.75, 3.05) is 58.4 Å². The molecule has 1 N–H and O–H groups in total. The van der Waals surface area contributed by atoms with E-state index in [-0.39, 0.29) is 0 Å². The van der Waals surface area contributed by atoms with Crippen molar-refractivity contribution >= 4 is 5.69 Å². The van der Waals surface area contributed by atoms with Gasteiger partial charge in [-0.05, 0) is 31.2 Å². The lowest BCUT2D eigenvalue weighted by Gasteiger charge is -2.35. The minimum Gasteiger partial charge on any atom is -0.383 e. The van der Waals surface area contributed by atoms with Gasteiger partial charge in [0.1, 0.15) is 0 Å². The minimum atomic E-state index is 0.762. The summed E-state index contributed by atoms with van der Waals surface area (Å²) in [6, 6.07) is 6.81. The Kier molecular flexibility index (Phi) is 5.83. The summed E-state index contributed by atoms with van der Waals surface area (Å²) in [6.45, 7) is 9.35. The van der Waals surface area contributed by atoms with Gasteiger partial charge in [0.2, 0.25) is 0 Å². The highest BCUT2D eigenvalue weighted by atomic mass is 16.5. The highest BCUT2D eigenvalue weighted by Gasteiger charge is 2.15. The molecule has 0 spiro atoms. The molecule has 112 valence electrons. The van der Waals surface area contributed by atoms with Gasteiger partial charge in [-0.3, -0.25) is 0 Å². The van der Waals surface area contributed by atoms with E-state index < -0.39 is 0 Å². The molecule has 0 aliphatic carbocycles. The highest BCUT2D eigenvalue weighted by molar-refractivity contribution is 5.54. The second kappa shape index (κ2) is 7.62. The zero-order chi connectivity index (χ0) is 14.4. The van der Waals surface area contributed by atoms with Crippen molar-refractivity contribution in [2.45, 2.75) is 13.5 Å². The number of nitrogens with zero attached hydrogens (tertiary/aromatic N) is 2. The molecule has 1 aliphatic rings. The van der Waals surface area contributed by atoms with Gasteiger partial charge in [-0.1, -0.05) is 12.1 Å². The third-order valence-corrected chi connectivity index (χ3v) is 3.92. The SMILES string of the molecule is COCCNCc1ccc(N2CCN(C)CC2)c(C)c1. The molecule has 1 aromatic rings. The number of likely N-dealkylation sites (N-methyl/N-ethyl adjacent to an activating group) is 1. The average molecular weight is 277 g/mol. The van der Waals surface area contributed by atoms with Crippen LogP contribution in [0.25, 0.3) is 0 Å². The van der Waals surface area contributed by atoms with Crippen LogP contribution >= 0.6 is 0 Å². The fourth-order valence-electron chi connectivity index (χ4n) is 2.64. The van der Waals surface area contributed by atoms with Crippen molar-refractivity contribution < 1.29 is 4.74 Å². The Morgan fingerprint density at radius 2 is 1.95 bits per heavy atom. The van der Waals surface area contributed by atoms with Crippen LogP contribution in [0.5, 0.6) is 0 Å². The summed E-state index contributed by atoms with van der Waals surface area (Å²) in [5, 5.41) is 3.39. The summed E-state index contributed by atoms with van der Waals surface area (Å²) in [5.74, 6) is 0. The zero-order valence-electron chi connectivity index (χ0n) is 13.0. The standard InChI is InChI=1S/C16H27N3O/c1-14-12-15(13-17-6-11-20-3)4-5-16(14)19-9-7-18(2)8-10-19/h4-5,12,17H,6-11,13H2,1-3H3. The number of benzene rings is 1. The lowest BCUT2D eigenvalue weighted by molar-refractivity contribution is 0.199. The van der Waals surface area contributed by atoms with Gasteiger partial charge < -0.3 is 19.9 Å². The Balaban J connectivity index is 1.92. The Bertz CT molecular complexity index is 414. The molecule has 2 rings (SSSR count). The van der Waals surface area contributed by atoms with Crippen LogP contribution in [-0.2, 0) is 11.3 Å². The smallest absolute Gasteiger partial charge is 0.0587 e. The molecule has 1 saturated heterocycles. The second-order valence-corrected chi connectivity index (χ2v) is 5.58. The molecule has 0 atom stereocenters. The van der Waals surface area contributed by atoms with Gasteiger partial charge in [-0.2, -0.15) is 0 Å². The molecular formula is C16H27N3O. The Morgan fingerprint density at radius 3 is 2.60 bits per heavy atom. The largest absolute Gasteiger partial charge is 0.383 e. The van der Waals surface area contributed by atoms with E-state index in [2.05, 4.69) is 47.3 Å². The number of anilines is 1. The van der Waals surface area contributed by atoms with Crippen LogP contribution in [0.2, 0.25) is 0 Å². The molecule has 0 radical (unpaired) electrons. The fraction of sp³-hybridized carbons (Fsp3) is 0.625. The van der Waals surface area contributed by atoms with Crippen LogP contribution in [-0.4, -0.2) is 58.4 Å². The van der Waals surface area contributed by atoms with Crippen molar-refractivity contribution in [1.82, 2.24) is 10.2 Å². The van der Waals surface area contributed by atoms with E-state index in [4.69, 9.17) is 4.74 Å². The maximum absolute atomic E-state index is 5.04. The van der Waals surface area contributed by atoms with E-state index in [0.29, 0.717) is 0 Å². The quantitative estimate of drug-likeness (QED) is 0.797. The van der Waals surface area contributed by atoms with Crippen molar-refractivity contribution in [1.29, 1.82) is 0 Å². The number of hydrogen-bond acceptors (Lipinski definition) is 4. The number of methoxy groups -OCH3 is 1. The van der Waals surface area contributed by atoms with Crippen molar-refractivity contribution in [3.05, 3.63) is 29.3 Å². The summed E-state index contributed by atoms with van der Waals surface area (Å²) < 4.78 is 5.04. The number of hydrogen-bond donors (Lipinski definition) is 1. The molecule has 20 heavy (non-hydrogen) atoms. The average Bonchev–Trinajstić information content (AvgIpc) is 2.45. The van der Waals surface area contributed by atoms with E-state index in [1.807, 2.05) is 0 Å². The van der Waals surface area contributed by atoms with Crippen LogP contribution < -0.4 is 10.2 Å². The van der Waals surface area contributed by atoms with Gasteiger partial charge >= 0.3 is 0 Å². The predicted octanol–water partition coefficient (Wildman–Crippen LogP) is 1.48. The number of nitrogens with one attached hydrogen (secondary N) is 1. The van der Waals surface area contributed by atoms with E-state index in [9.17, 15) is 0 Å². The summed E-state index contributed by atoms with van der Waals surface area (Å²) in [4.78, 5) is 4.89. The third kappa shape index (κ3) is 4.20. The Hall–Kier alpha value is -1.10. The van der Waals surface area contributed by atoms with E-state index in [0.717, 1.165) is 45.9 Å². The summed E-state index contributed by atoms with van der Waals surface area (Å²) in [6.07, 6.45) is 0. The maximum atomic E-state index is 5.04. The summed E-state index contributed by atoms with van der Waals surface area (Å²) in [5.41, 5.74) is 4.11. The molecule has 0 saturated carbocycles. The molecular weight excluding hydrogens is 250 g/mol. The lowest BCUT2D eigenvalue weighted by atomic mass is 10.1.